The molecule has 5 nitrogen and oxygen atoms in total. The molecule has 2 aromatic carbocycles. The molecule has 0 aromatic heterocycles. The standard InChI is InChI=1S/C17H12FN3O2/c1-11(23-13-7-5-12(9-19)6-8-13)17(22)21-16-4-2-3-15(18)14(16)10-20/h2-8,11H,1H3,(H,21,22)/t11-/m0/s1. The zero-order valence-electron chi connectivity index (χ0n) is 12.2. The molecule has 0 aliphatic carbocycles. The Labute approximate surface area is 132 Å². The van der Waals surface area contributed by atoms with Gasteiger partial charge < -0.3 is 10.1 Å². The molecule has 0 aliphatic rings. The van der Waals surface area contributed by atoms with E-state index in [2.05, 4.69) is 5.32 Å². The number of ether oxygens (including phenoxy) is 1. The van der Waals surface area contributed by atoms with Gasteiger partial charge >= 0.3 is 0 Å². The predicted octanol–water partition coefficient (Wildman–Crippen LogP) is 2.98. The molecule has 1 N–H and O–H groups in total. The van der Waals surface area contributed by atoms with Gasteiger partial charge in [0.05, 0.1) is 17.3 Å². The Bertz CT molecular complexity index is 804. The van der Waals surface area contributed by atoms with Crippen LogP contribution in [0.5, 0.6) is 5.75 Å². The van der Waals surface area contributed by atoms with Gasteiger partial charge in [0.15, 0.2) is 6.10 Å². The van der Waals surface area contributed by atoms with Crippen molar-refractivity contribution in [2.24, 2.45) is 0 Å². The van der Waals surface area contributed by atoms with Crippen LogP contribution in [0.2, 0.25) is 0 Å². The quantitative estimate of drug-likeness (QED) is 0.940. The van der Waals surface area contributed by atoms with Gasteiger partial charge in [-0.15, -0.1) is 0 Å². The first-order valence-electron chi connectivity index (χ1n) is 6.71. The monoisotopic (exact) mass is 309 g/mol. The van der Waals surface area contributed by atoms with Crippen molar-refractivity contribution >= 4 is 11.6 Å². The van der Waals surface area contributed by atoms with E-state index in [1.54, 1.807) is 30.3 Å². The van der Waals surface area contributed by atoms with Gasteiger partial charge in [-0.1, -0.05) is 6.07 Å². The van der Waals surface area contributed by atoms with Gasteiger partial charge in [0, 0.05) is 0 Å². The maximum Gasteiger partial charge on any atom is 0.265 e. The second kappa shape index (κ2) is 7.06. The predicted molar refractivity (Wildman–Crippen MR) is 81.0 cm³/mol. The molecule has 114 valence electrons. The van der Waals surface area contributed by atoms with Gasteiger partial charge in [0.2, 0.25) is 0 Å². The summed E-state index contributed by atoms with van der Waals surface area (Å²) in [5.41, 5.74) is 0.340. The number of carbonyl (C=O) groups is 1. The summed E-state index contributed by atoms with van der Waals surface area (Å²) in [6, 6.07) is 14.0. The molecule has 0 aliphatic heterocycles. The van der Waals surface area contributed by atoms with E-state index in [4.69, 9.17) is 15.3 Å². The lowest BCUT2D eigenvalue weighted by Crippen LogP contribution is -2.30. The van der Waals surface area contributed by atoms with E-state index in [0.717, 1.165) is 6.07 Å². The molecule has 1 atom stereocenters. The van der Waals surface area contributed by atoms with Crippen molar-refractivity contribution in [2.75, 3.05) is 5.32 Å². The minimum Gasteiger partial charge on any atom is -0.481 e. The minimum absolute atomic E-state index is 0.0905. The summed E-state index contributed by atoms with van der Waals surface area (Å²) in [4.78, 5) is 12.1. The SMILES string of the molecule is C[C@H](Oc1ccc(C#N)cc1)C(=O)Nc1cccc(F)c1C#N. The van der Waals surface area contributed by atoms with Crippen LogP contribution in [-0.4, -0.2) is 12.0 Å². The van der Waals surface area contributed by atoms with Gasteiger partial charge in [-0.25, -0.2) is 4.39 Å². The highest BCUT2D eigenvalue weighted by atomic mass is 19.1. The van der Waals surface area contributed by atoms with Crippen molar-refractivity contribution in [1.29, 1.82) is 10.5 Å². The summed E-state index contributed by atoms with van der Waals surface area (Å²) in [7, 11) is 0. The van der Waals surface area contributed by atoms with E-state index >= 15 is 0 Å². The van der Waals surface area contributed by atoms with Crippen molar-refractivity contribution in [3.05, 3.63) is 59.4 Å². The van der Waals surface area contributed by atoms with Crippen LogP contribution in [0.1, 0.15) is 18.1 Å². The van der Waals surface area contributed by atoms with E-state index in [1.807, 2.05) is 6.07 Å². The summed E-state index contributed by atoms with van der Waals surface area (Å²) in [5.74, 6) is -0.797. The number of halogens is 1. The normalized spacial score (nSPS) is 11.0. The Morgan fingerprint density at radius 2 is 1.87 bits per heavy atom. The number of hydrogen-bond acceptors (Lipinski definition) is 4. The Morgan fingerprint density at radius 3 is 2.48 bits per heavy atom. The summed E-state index contributed by atoms with van der Waals surface area (Å²) in [6.45, 7) is 1.53. The highest BCUT2D eigenvalue weighted by molar-refractivity contribution is 5.95. The fraction of sp³-hybridized carbons (Fsp3) is 0.118. The van der Waals surface area contributed by atoms with Crippen molar-refractivity contribution in [1.82, 2.24) is 0 Å². The molecule has 0 saturated carbocycles. The lowest BCUT2D eigenvalue weighted by atomic mass is 10.1. The molecule has 0 radical (unpaired) electrons. The largest absolute Gasteiger partial charge is 0.481 e. The molecular weight excluding hydrogens is 297 g/mol. The van der Waals surface area contributed by atoms with E-state index in [-0.39, 0.29) is 11.3 Å². The fourth-order valence-corrected chi connectivity index (χ4v) is 1.84. The summed E-state index contributed by atoms with van der Waals surface area (Å²) >= 11 is 0. The van der Waals surface area contributed by atoms with Gasteiger partial charge in [-0.3, -0.25) is 4.79 Å². The Hall–Kier alpha value is -3.38. The highest BCUT2D eigenvalue weighted by Crippen LogP contribution is 2.19. The topological polar surface area (TPSA) is 85.9 Å². The van der Waals surface area contributed by atoms with Gasteiger partial charge in [0.1, 0.15) is 23.2 Å². The van der Waals surface area contributed by atoms with Crippen LogP contribution in [0.4, 0.5) is 10.1 Å². The van der Waals surface area contributed by atoms with Gasteiger partial charge in [-0.2, -0.15) is 10.5 Å². The molecule has 0 bridgehead atoms. The fourth-order valence-electron chi connectivity index (χ4n) is 1.84. The minimum atomic E-state index is -0.863. The summed E-state index contributed by atoms with van der Waals surface area (Å²) < 4.78 is 18.9. The number of nitrogens with one attached hydrogen (secondary N) is 1. The van der Waals surface area contributed by atoms with Crippen molar-refractivity contribution in [3.63, 3.8) is 0 Å². The number of carbonyl (C=O) groups excluding carboxylic acids is 1. The van der Waals surface area contributed by atoms with Crippen LogP contribution in [0.15, 0.2) is 42.5 Å². The number of amides is 1. The Kier molecular flexibility index (Phi) is 4.91. The zero-order valence-corrected chi connectivity index (χ0v) is 12.2. The summed E-state index contributed by atoms with van der Waals surface area (Å²) in [5, 5.41) is 20.1. The van der Waals surface area contributed by atoms with Gasteiger partial charge in [0.25, 0.3) is 5.91 Å². The van der Waals surface area contributed by atoms with E-state index < -0.39 is 17.8 Å². The number of nitrogens with zero attached hydrogens (tertiary/aromatic N) is 2. The van der Waals surface area contributed by atoms with Crippen molar-refractivity contribution < 1.29 is 13.9 Å². The van der Waals surface area contributed by atoms with Crippen LogP contribution in [0.25, 0.3) is 0 Å². The molecule has 2 aromatic rings. The smallest absolute Gasteiger partial charge is 0.265 e. The number of nitriles is 2. The maximum atomic E-state index is 13.5. The van der Waals surface area contributed by atoms with E-state index in [1.165, 1.54) is 19.1 Å². The third kappa shape index (κ3) is 3.84. The second-order valence-electron chi connectivity index (χ2n) is 4.66. The Morgan fingerprint density at radius 1 is 1.17 bits per heavy atom. The summed E-state index contributed by atoms with van der Waals surface area (Å²) in [6.07, 6.45) is -0.863. The molecule has 6 heteroatoms. The molecule has 23 heavy (non-hydrogen) atoms. The first-order chi connectivity index (χ1) is 11.0. The molecule has 0 spiro atoms. The van der Waals surface area contributed by atoms with Crippen LogP contribution in [-0.2, 0) is 4.79 Å². The van der Waals surface area contributed by atoms with Crippen LogP contribution < -0.4 is 10.1 Å². The van der Waals surface area contributed by atoms with E-state index in [9.17, 15) is 9.18 Å². The maximum absolute atomic E-state index is 13.5. The first kappa shape index (κ1) is 16.0. The third-order valence-corrected chi connectivity index (χ3v) is 3.05. The van der Waals surface area contributed by atoms with Crippen LogP contribution in [0, 0.1) is 28.5 Å². The molecule has 0 saturated heterocycles. The third-order valence-electron chi connectivity index (χ3n) is 3.05. The number of anilines is 1. The first-order valence-corrected chi connectivity index (χ1v) is 6.71. The molecule has 0 heterocycles. The average molecular weight is 309 g/mol. The molecule has 0 fully saturated rings. The molecule has 2 rings (SSSR count). The Balaban J connectivity index is 2.07. The van der Waals surface area contributed by atoms with Gasteiger partial charge in [-0.05, 0) is 43.3 Å². The zero-order chi connectivity index (χ0) is 16.8. The average Bonchev–Trinajstić information content (AvgIpc) is 2.55. The van der Waals surface area contributed by atoms with Crippen LogP contribution >= 0.6 is 0 Å². The van der Waals surface area contributed by atoms with E-state index in [0.29, 0.717) is 11.3 Å². The van der Waals surface area contributed by atoms with Crippen molar-refractivity contribution in [3.8, 4) is 17.9 Å². The lowest BCUT2D eigenvalue weighted by molar-refractivity contribution is -0.122. The number of hydrogen-bond donors (Lipinski definition) is 1. The van der Waals surface area contributed by atoms with Crippen molar-refractivity contribution in [2.45, 2.75) is 13.0 Å². The second-order valence-corrected chi connectivity index (χ2v) is 4.66. The number of rotatable bonds is 4. The van der Waals surface area contributed by atoms with Crippen LogP contribution in [0.3, 0.4) is 0 Å². The molecular formula is C17H12FN3O2. The lowest BCUT2D eigenvalue weighted by Gasteiger charge is -2.15. The highest BCUT2D eigenvalue weighted by Gasteiger charge is 2.17. The molecule has 1 amide bonds. The number of benzene rings is 2. The molecule has 0 unspecified atom stereocenters.